The van der Waals surface area contributed by atoms with Crippen LogP contribution < -0.4 is 10.6 Å². The zero-order chi connectivity index (χ0) is 19.2. The molecule has 4 amide bonds. The Morgan fingerprint density at radius 3 is 2.78 bits per heavy atom. The first-order valence-electron chi connectivity index (χ1n) is 9.33. The lowest BCUT2D eigenvalue weighted by atomic mass is 9.96. The van der Waals surface area contributed by atoms with Gasteiger partial charge in [0.15, 0.2) is 0 Å². The van der Waals surface area contributed by atoms with Gasteiger partial charge in [-0.05, 0) is 44.2 Å². The molecular formula is C19H23N5O3. The van der Waals surface area contributed by atoms with Gasteiger partial charge in [0.05, 0.1) is 11.0 Å². The summed E-state index contributed by atoms with van der Waals surface area (Å²) < 4.78 is 1.94. The van der Waals surface area contributed by atoms with Crippen molar-refractivity contribution < 1.29 is 14.4 Å². The zero-order valence-electron chi connectivity index (χ0n) is 15.5. The number of fused-ring (bicyclic) bond motifs is 1. The van der Waals surface area contributed by atoms with E-state index in [4.69, 9.17) is 0 Å². The molecule has 1 aliphatic heterocycles. The molecule has 142 valence electrons. The van der Waals surface area contributed by atoms with Crippen molar-refractivity contribution in [1.82, 2.24) is 19.8 Å². The van der Waals surface area contributed by atoms with Gasteiger partial charge in [0.25, 0.3) is 5.91 Å². The van der Waals surface area contributed by atoms with E-state index in [0.29, 0.717) is 12.5 Å². The summed E-state index contributed by atoms with van der Waals surface area (Å²) in [7, 11) is 0. The molecule has 0 bridgehead atoms. The maximum absolute atomic E-state index is 12.7. The van der Waals surface area contributed by atoms with E-state index < -0.39 is 17.5 Å². The lowest BCUT2D eigenvalue weighted by Crippen LogP contribution is -2.46. The predicted octanol–water partition coefficient (Wildman–Crippen LogP) is 2.11. The Labute approximate surface area is 156 Å². The van der Waals surface area contributed by atoms with Crippen LogP contribution in [0.1, 0.15) is 33.1 Å². The second kappa shape index (κ2) is 6.37. The van der Waals surface area contributed by atoms with Crippen molar-refractivity contribution in [3.05, 3.63) is 24.3 Å². The molecule has 1 unspecified atom stereocenters. The molecule has 2 N–H and O–H groups in total. The van der Waals surface area contributed by atoms with Crippen molar-refractivity contribution in [3.63, 3.8) is 0 Å². The number of amides is 4. The maximum atomic E-state index is 12.7. The van der Waals surface area contributed by atoms with E-state index in [-0.39, 0.29) is 18.4 Å². The van der Waals surface area contributed by atoms with Crippen molar-refractivity contribution in [3.8, 4) is 0 Å². The minimum Gasteiger partial charge on any atom is -0.323 e. The van der Waals surface area contributed by atoms with Crippen molar-refractivity contribution in [2.75, 3.05) is 11.9 Å². The van der Waals surface area contributed by atoms with Crippen LogP contribution in [0.5, 0.6) is 0 Å². The number of carbonyl (C=O) groups is 3. The lowest BCUT2D eigenvalue weighted by molar-refractivity contribution is -0.134. The number of carbonyl (C=O) groups excluding carboxylic acids is 3. The van der Waals surface area contributed by atoms with Gasteiger partial charge in [-0.2, -0.15) is 0 Å². The smallest absolute Gasteiger partial charge is 0.323 e. The molecule has 2 fully saturated rings. The topological polar surface area (TPSA) is 96.3 Å². The summed E-state index contributed by atoms with van der Waals surface area (Å²) in [6.45, 7) is 4.18. The Morgan fingerprint density at radius 1 is 1.33 bits per heavy atom. The molecule has 1 aliphatic carbocycles. The number of hydrogen-bond donors (Lipinski definition) is 2. The molecule has 8 heteroatoms. The highest BCUT2D eigenvalue weighted by Gasteiger charge is 2.56. The van der Waals surface area contributed by atoms with Crippen LogP contribution in [-0.2, 0) is 16.1 Å². The number of nitrogens with one attached hydrogen (secondary N) is 2. The molecule has 0 radical (unpaired) electrons. The average Bonchev–Trinajstić information content (AvgIpc) is 3.41. The molecule has 2 heterocycles. The van der Waals surface area contributed by atoms with Gasteiger partial charge in [0.1, 0.15) is 12.1 Å². The van der Waals surface area contributed by atoms with Gasteiger partial charge in [-0.1, -0.05) is 19.1 Å². The Balaban J connectivity index is 1.51. The number of rotatable bonds is 6. The SMILES string of the molecule is CCCn1c(NC(=O)CN2C(=O)NC(C)(C3CC3)C2=O)nc2ccccc21. The van der Waals surface area contributed by atoms with Crippen molar-refractivity contribution in [2.45, 2.75) is 45.2 Å². The Hall–Kier alpha value is -2.90. The van der Waals surface area contributed by atoms with Crippen LogP contribution >= 0.6 is 0 Å². The Morgan fingerprint density at radius 2 is 2.07 bits per heavy atom. The van der Waals surface area contributed by atoms with Crippen molar-refractivity contribution in [2.24, 2.45) is 5.92 Å². The largest absolute Gasteiger partial charge is 0.325 e. The highest BCUT2D eigenvalue weighted by atomic mass is 16.2. The molecule has 1 aromatic heterocycles. The second-order valence-corrected chi connectivity index (χ2v) is 7.42. The van der Waals surface area contributed by atoms with Gasteiger partial charge in [0, 0.05) is 6.54 Å². The fourth-order valence-electron chi connectivity index (χ4n) is 3.73. The van der Waals surface area contributed by atoms with E-state index in [1.54, 1.807) is 6.92 Å². The van der Waals surface area contributed by atoms with Crippen LogP contribution in [0.2, 0.25) is 0 Å². The quantitative estimate of drug-likeness (QED) is 0.762. The number of anilines is 1. The standard InChI is InChI=1S/C19H23N5O3/c1-3-10-23-14-7-5-4-6-13(14)20-17(23)21-15(25)11-24-16(26)19(2,12-8-9-12)22-18(24)27/h4-7,12H,3,8-11H2,1-2H3,(H,22,27)(H,20,21,25). The lowest BCUT2D eigenvalue weighted by Gasteiger charge is -2.20. The summed E-state index contributed by atoms with van der Waals surface area (Å²) in [5.41, 5.74) is 0.843. The number of urea groups is 1. The van der Waals surface area contributed by atoms with Gasteiger partial charge >= 0.3 is 6.03 Å². The summed E-state index contributed by atoms with van der Waals surface area (Å²) in [4.78, 5) is 42.9. The number of nitrogens with zero attached hydrogens (tertiary/aromatic N) is 3. The van der Waals surface area contributed by atoms with E-state index in [0.717, 1.165) is 35.2 Å². The summed E-state index contributed by atoms with van der Waals surface area (Å²) >= 11 is 0. The first-order valence-corrected chi connectivity index (χ1v) is 9.33. The first kappa shape index (κ1) is 17.5. The maximum Gasteiger partial charge on any atom is 0.325 e. The number of aromatic nitrogens is 2. The molecule has 2 aromatic rings. The van der Waals surface area contributed by atoms with E-state index in [9.17, 15) is 14.4 Å². The average molecular weight is 369 g/mol. The monoisotopic (exact) mass is 369 g/mol. The number of para-hydroxylation sites is 2. The fourth-order valence-corrected chi connectivity index (χ4v) is 3.73. The van der Waals surface area contributed by atoms with Gasteiger partial charge < -0.3 is 9.88 Å². The molecular weight excluding hydrogens is 346 g/mol. The highest BCUT2D eigenvalue weighted by molar-refractivity contribution is 6.10. The van der Waals surface area contributed by atoms with Gasteiger partial charge in [-0.15, -0.1) is 0 Å². The molecule has 4 rings (SSSR count). The zero-order valence-corrected chi connectivity index (χ0v) is 15.5. The molecule has 8 nitrogen and oxygen atoms in total. The number of benzene rings is 1. The molecule has 2 aliphatic rings. The molecule has 27 heavy (non-hydrogen) atoms. The normalized spacial score (nSPS) is 22.4. The first-order chi connectivity index (χ1) is 12.9. The Kier molecular flexibility index (Phi) is 4.13. The van der Waals surface area contributed by atoms with Gasteiger partial charge in [-0.3, -0.25) is 19.8 Å². The van der Waals surface area contributed by atoms with E-state index in [1.165, 1.54) is 0 Å². The second-order valence-electron chi connectivity index (χ2n) is 7.42. The van der Waals surface area contributed by atoms with E-state index in [2.05, 4.69) is 15.6 Å². The molecule has 1 aromatic carbocycles. The van der Waals surface area contributed by atoms with E-state index in [1.807, 2.05) is 35.8 Å². The van der Waals surface area contributed by atoms with Crippen molar-refractivity contribution in [1.29, 1.82) is 0 Å². The number of aryl methyl sites for hydroxylation is 1. The van der Waals surface area contributed by atoms with Crippen LogP contribution in [0.25, 0.3) is 11.0 Å². The predicted molar refractivity (Wildman–Crippen MR) is 100 cm³/mol. The molecule has 1 saturated carbocycles. The van der Waals surface area contributed by atoms with Crippen LogP contribution in [-0.4, -0.2) is 44.4 Å². The number of imide groups is 1. The van der Waals surface area contributed by atoms with Gasteiger partial charge in [-0.25, -0.2) is 9.78 Å². The minimum absolute atomic E-state index is 0.163. The molecule has 0 spiro atoms. The highest BCUT2D eigenvalue weighted by Crippen LogP contribution is 2.42. The van der Waals surface area contributed by atoms with Crippen LogP contribution in [0.3, 0.4) is 0 Å². The number of imidazole rings is 1. The summed E-state index contributed by atoms with van der Waals surface area (Å²) in [5, 5.41) is 5.52. The summed E-state index contributed by atoms with van der Waals surface area (Å²) in [6, 6.07) is 7.14. The molecule has 1 saturated heterocycles. The molecule has 1 atom stereocenters. The Bertz CT molecular complexity index is 933. The fraction of sp³-hybridized carbons (Fsp3) is 0.474. The van der Waals surface area contributed by atoms with Crippen molar-refractivity contribution >= 4 is 34.8 Å². The third kappa shape index (κ3) is 2.94. The van der Waals surface area contributed by atoms with E-state index >= 15 is 0 Å². The third-order valence-corrected chi connectivity index (χ3v) is 5.35. The summed E-state index contributed by atoms with van der Waals surface area (Å²) in [6.07, 6.45) is 2.73. The van der Waals surface area contributed by atoms with Crippen LogP contribution in [0, 0.1) is 5.92 Å². The van der Waals surface area contributed by atoms with Crippen LogP contribution in [0.4, 0.5) is 10.7 Å². The third-order valence-electron chi connectivity index (χ3n) is 5.35. The summed E-state index contributed by atoms with van der Waals surface area (Å²) in [5.74, 6) is -0.172. The minimum atomic E-state index is -0.882. The van der Waals surface area contributed by atoms with Gasteiger partial charge in [0.2, 0.25) is 11.9 Å². The number of hydrogen-bond acceptors (Lipinski definition) is 4. The van der Waals surface area contributed by atoms with Crippen LogP contribution in [0.15, 0.2) is 24.3 Å².